The van der Waals surface area contributed by atoms with E-state index in [4.69, 9.17) is 0 Å². The highest BCUT2D eigenvalue weighted by atomic mass is 19.1. The molecular weight excluding hydrogens is 575 g/mol. The van der Waals surface area contributed by atoms with Gasteiger partial charge in [0.15, 0.2) is 5.82 Å². The highest BCUT2D eigenvalue weighted by Crippen LogP contribution is 2.44. The van der Waals surface area contributed by atoms with Gasteiger partial charge in [0.2, 0.25) is 17.7 Å². The van der Waals surface area contributed by atoms with E-state index in [0.717, 1.165) is 18.4 Å². The van der Waals surface area contributed by atoms with Crippen LogP contribution in [0.4, 0.5) is 15.8 Å². The molecule has 9 nitrogen and oxygen atoms in total. The minimum atomic E-state index is -1.10. The van der Waals surface area contributed by atoms with Crippen LogP contribution in [0.5, 0.6) is 0 Å². The van der Waals surface area contributed by atoms with Gasteiger partial charge in [-0.25, -0.2) is 4.39 Å². The molecule has 0 spiro atoms. The third kappa shape index (κ3) is 6.76. The van der Waals surface area contributed by atoms with E-state index >= 15 is 4.39 Å². The van der Waals surface area contributed by atoms with Gasteiger partial charge in [0, 0.05) is 43.6 Å². The van der Waals surface area contributed by atoms with E-state index < -0.39 is 29.8 Å². The standard InChI is InChI=1S/C35H43FN4O5/c1-21(34(44)37-27-18-23-11-12-24(27)16-23)15-30(41)28(17-22-7-3-2-4-8-22)38-35(45)26-19-25(39-13-5-9-31(39)42)20-29(33(26)36)40-14-6-10-32(40)43/h2-4,7-8,19-21,23-24,27-28,30,41H,5-6,9-18H2,1H3,(H,37,44)(H,38,45). The largest absolute Gasteiger partial charge is 0.391 e. The lowest BCUT2D eigenvalue weighted by Crippen LogP contribution is -2.47. The zero-order valence-electron chi connectivity index (χ0n) is 25.8. The fraction of sp³-hybridized carbons (Fsp3) is 0.543. The smallest absolute Gasteiger partial charge is 0.254 e. The highest BCUT2D eigenvalue weighted by molar-refractivity contribution is 6.03. The molecule has 4 fully saturated rings. The number of aliphatic hydroxyl groups excluding tert-OH is 1. The maximum Gasteiger partial charge on any atom is 0.254 e. The molecule has 2 aliphatic carbocycles. The fourth-order valence-electron chi connectivity index (χ4n) is 7.71. The Kier molecular flexibility index (Phi) is 9.21. The average Bonchev–Trinajstić information content (AvgIpc) is 3.84. The van der Waals surface area contributed by atoms with Crippen molar-refractivity contribution in [3.05, 3.63) is 59.4 Å². The highest BCUT2D eigenvalue weighted by Gasteiger charge is 2.41. The van der Waals surface area contributed by atoms with E-state index in [1.54, 1.807) is 6.92 Å². The summed E-state index contributed by atoms with van der Waals surface area (Å²) in [6.45, 7) is 2.55. The van der Waals surface area contributed by atoms with Gasteiger partial charge in [-0.2, -0.15) is 0 Å². The van der Waals surface area contributed by atoms with Gasteiger partial charge in [-0.1, -0.05) is 43.7 Å². The first-order chi connectivity index (χ1) is 21.7. The number of benzene rings is 2. The topological polar surface area (TPSA) is 119 Å². The van der Waals surface area contributed by atoms with Gasteiger partial charge in [0.1, 0.15) is 0 Å². The van der Waals surface area contributed by atoms with E-state index in [9.17, 15) is 24.3 Å². The fourth-order valence-corrected chi connectivity index (χ4v) is 7.71. The third-order valence-electron chi connectivity index (χ3n) is 10.2. The van der Waals surface area contributed by atoms with Gasteiger partial charge >= 0.3 is 0 Å². The Morgan fingerprint density at radius 1 is 1.00 bits per heavy atom. The van der Waals surface area contributed by atoms with Crippen molar-refractivity contribution >= 4 is 35.0 Å². The summed E-state index contributed by atoms with van der Waals surface area (Å²) in [4.78, 5) is 55.0. The second-order valence-corrected chi connectivity index (χ2v) is 13.4. The SMILES string of the molecule is CC(CC(O)C(Cc1ccccc1)NC(=O)c1cc(N2CCCC2=O)cc(N2CCCC2=O)c1F)C(=O)NC1CC2CCC1C2. The summed E-state index contributed by atoms with van der Waals surface area (Å²) < 4.78 is 16.1. The zero-order valence-corrected chi connectivity index (χ0v) is 25.8. The summed E-state index contributed by atoms with van der Waals surface area (Å²) in [5.74, 6) is -1.34. The summed E-state index contributed by atoms with van der Waals surface area (Å²) in [5, 5.41) is 17.5. The molecule has 4 amide bonds. The molecule has 2 saturated carbocycles. The minimum absolute atomic E-state index is 0.0223. The number of hydrogen-bond donors (Lipinski definition) is 3. The van der Waals surface area contributed by atoms with Crippen molar-refractivity contribution in [1.82, 2.24) is 10.6 Å². The van der Waals surface area contributed by atoms with E-state index in [1.807, 2.05) is 30.3 Å². The monoisotopic (exact) mass is 618 g/mol. The van der Waals surface area contributed by atoms with Crippen LogP contribution in [0.15, 0.2) is 42.5 Å². The van der Waals surface area contributed by atoms with Gasteiger partial charge in [0.05, 0.1) is 23.4 Å². The van der Waals surface area contributed by atoms with Crippen molar-refractivity contribution in [2.24, 2.45) is 17.8 Å². The first-order valence-corrected chi connectivity index (χ1v) is 16.5. The Morgan fingerprint density at radius 2 is 1.71 bits per heavy atom. The normalized spacial score (nSPS) is 24.6. The first-order valence-electron chi connectivity index (χ1n) is 16.5. The van der Waals surface area contributed by atoms with Crippen LogP contribution in [-0.2, 0) is 20.8 Å². The van der Waals surface area contributed by atoms with Gasteiger partial charge in [0.25, 0.3) is 5.91 Å². The number of halogens is 1. The molecular formula is C35H43FN4O5. The van der Waals surface area contributed by atoms with Gasteiger partial charge < -0.3 is 25.5 Å². The average molecular weight is 619 g/mol. The summed E-state index contributed by atoms with van der Waals surface area (Å²) in [5.41, 5.74) is 0.908. The van der Waals surface area contributed by atoms with E-state index in [-0.39, 0.29) is 54.3 Å². The summed E-state index contributed by atoms with van der Waals surface area (Å²) in [6, 6.07) is 11.6. The van der Waals surface area contributed by atoms with Gasteiger partial charge in [-0.3, -0.25) is 19.2 Å². The molecule has 0 radical (unpaired) electrons. The number of anilines is 2. The molecule has 6 unspecified atom stereocenters. The quantitative estimate of drug-likeness (QED) is 0.350. The molecule has 2 heterocycles. The lowest BCUT2D eigenvalue weighted by Gasteiger charge is -2.29. The van der Waals surface area contributed by atoms with Crippen molar-refractivity contribution < 1.29 is 28.7 Å². The molecule has 4 aliphatic rings. The predicted molar refractivity (Wildman–Crippen MR) is 168 cm³/mol. The van der Waals surface area contributed by atoms with E-state index in [1.165, 1.54) is 34.8 Å². The molecule has 45 heavy (non-hydrogen) atoms. The molecule has 2 aliphatic heterocycles. The van der Waals surface area contributed by atoms with Crippen LogP contribution in [-0.4, -0.2) is 60.0 Å². The Balaban J connectivity index is 1.23. The number of fused-ring (bicyclic) bond motifs is 2. The van der Waals surface area contributed by atoms with E-state index in [0.29, 0.717) is 49.9 Å². The number of hydrogen-bond acceptors (Lipinski definition) is 5. The molecule has 240 valence electrons. The number of carbonyl (C=O) groups is 4. The van der Waals surface area contributed by atoms with Crippen LogP contribution in [0.3, 0.4) is 0 Å². The van der Waals surface area contributed by atoms with Crippen molar-refractivity contribution in [3.63, 3.8) is 0 Å². The van der Waals surface area contributed by atoms with Crippen LogP contribution < -0.4 is 20.4 Å². The van der Waals surface area contributed by atoms with Gasteiger partial charge in [-0.15, -0.1) is 0 Å². The Morgan fingerprint density at radius 3 is 2.33 bits per heavy atom. The number of rotatable bonds is 11. The van der Waals surface area contributed by atoms with Crippen LogP contribution in [0, 0.1) is 23.6 Å². The van der Waals surface area contributed by atoms with Crippen LogP contribution in [0.2, 0.25) is 0 Å². The summed E-state index contributed by atoms with van der Waals surface area (Å²) in [7, 11) is 0. The third-order valence-corrected chi connectivity index (χ3v) is 10.2. The molecule has 2 aromatic carbocycles. The molecule has 2 bridgehead atoms. The van der Waals surface area contributed by atoms with Crippen LogP contribution >= 0.6 is 0 Å². The van der Waals surface area contributed by atoms with Crippen molar-refractivity contribution in [3.8, 4) is 0 Å². The molecule has 0 aromatic heterocycles. The minimum Gasteiger partial charge on any atom is -0.391 e. The molecule has 2 aromatic rings. The molecule has 6 rings (SSSR count). The molecule has 10 heteroatoms. The predicted octanol–water partition coefficient (Wildman–Crippen LogP) is 4.11. The van der Waals surface area contributed by atoms with Gasteiger partial charge in [-0.05, 0) is 74.5 Å². The van der Waals surface area contributed by atoms with Crippen LogP contribution in [0.1, 0.15) is 80.6 Å². The van der Waals surface area contributed by atoms with Crippen LogP contribution in [0.25, 0.3) is 0 Å². The maximum absolute atomic E-state index is 16.1. The summed E-state index contributed by atoms with van der Waals surface area (Å²) in [6.07, 6.45) is 5.71. The lowest BCUT2D eigenvalue weighted by molar-refractivity contribution is -0.126. The Bertz CT molecular complexity index is 1450. The number of amides is 4. The molecule has 2 saturated heterocycles. The Hall–Kier alpha value is -3.79. The second-order valence-electron chi connectivity index (χ2n) is 13.4. The second kappa shape index (κ2) is 13.3. The molecule has 6 atom stereocenters. The van der Waals surface area contributed by atoms with Crippen molar-refractivity contribution in [2.45, 2.75) is 89.3 Å². The number of nitrogens with zero attached hydrogens (tertiary/aromatic N) is 2. The zero-order chi connectivity index (χ0) is 31.7. The molecule has 3 N–H and O–H groups in total. The summed E-state index contributed by atoms with van der Waals surface area (Å²) >= 11 is 0. The number of carbonyl (C=O) groups excluding carboxylic acids is 4. The van der Waals surface area contributed by atoms with Crippen molar-refractivity contribution in [2.75, 3.05) is 22.9 Å². The lowest BCUT2D eigenvalue weighted by atomic mass is 9.91. The first kappa shape index (κ1) is 31.2. The van der Waals surface area contributed by atoms with Crippen molar-refractivity contribution in [1.29, 1.82) is 0 Å². The maximum atomic E-state index is 16.1. The number of aliphatic hydroxyl groups is 1. The Labute approximate surface area is 263 Å². The number of nitrogens with one attached hydrogen (secondary N) is 2. The van der Waals surface area contributed by atoms with E-state index in [2.05, 4.69) is 10.6 Å².